The molecule has 0 aromatic carbocycles. The Labute approximate surface area is 265 Å². The minimum atomic E-state index is -1.75. The van der Waals surface area contributed by atoms with E-state index in [1.54, 1.807) is 13.8 Å². The number of hydrogen-bond donors (Lipinski definition) is 10. The van der Waals surface area contributed by atoms with Gasteiger partial charge in [0.2, 0.25) is 17.7 Å². The zero-order chi connectivity index (χ0) is 34.5. The second kappa shape index (κ2) is 16.8. The van der Waals surface area contributed by atoms with Crippen LogP contribution in [0.15, 0.2) is 0 Å². The van der Waals surface area contributed by atoms with Gasteiger partial charge in [0.25, 0.3) is 0 Å². The predicted octanol–water partition coefficient (Wildman–Crippen LogP) is -5.71. The number of amides is 3. The lowest BCUT2D eigenvalue weighted by molar-refractivity contribution is -0.353. The van der Waals surface area contributed by atoms with Crippen LogP contribution in [0.5, 0.6) is 0 Å². The van der Waals surface area contributed by atoms with Crippen LogP contribution in [0.4, 0.5) is 0 Å². The Balaban J connectivity index is 1.91. The summed E-state index contributed by atoms with van der Waals surface area (Å²) in [5.41, 5.74) is 0. The summed E-state index contributed by atoms with van der Waals surface area (Å²) in [6.07, 6.45) is -18.2. The van der Waals surface area contributed by atoms with Crippen molar-refractivity contribution in [3.63, 3.8) is 0 Å². The summed E-state index contributed by atoms with van der Waals surface area (Å²) in [7, 11) is 0. The van der Waals surface area contributed by atoms with E-state index in [4.69, 9.17) is 28.4 Å². The summed E-state index contributed by atoms with van der Waals surface area (Å²) in [5.74, 6) is -1.86. The maximum atomic E-state index is 12.2. The maximum Gasteiger partial charge on any atom is 0.217 e. The molecule has 0 bridgehead atoms. The van der Waals surface area contributed by atoms with Crippen molar-refractivity contribution in [1.82, 2.24) is 16.0 Å². The van der Waals surface area contributed by atoms with E-state index in [2.05, 4.69) is 16.0 Å². The summed E-state index contributed by atoms with van der Waals surface area (Å²) < 4.78 is 34.7. The molecule has 3 rings (SSSR count). The molecular weight excluding hydrogens is 622 g/mol. The molecule has 0 saturated carbocycles. The summed E-state index contributed by atoms with van der Waals surface area (Å²) in [5, 5.41) is 81.3. The molecule has 0 radical (unpaired) electrons. The van der Waals surface area contributed by atoms with E-state index in [1.807, 2.05) is 0 Å². The number of aliphatic hydroxyl groups excluding tert-OH is 7. The van der Waals surface area contributed by atoms with Crippen molar-refractivity contribution in [3.05, 3.63) is 0 Å². The van der Waals surface area contributed by atoms with Crippen molar-refractivity contribution in [2.24, 2.45) is 0 Å². The Kier molecular flexibility index (Phi) is 14.0. The highest BCUT2D eigenvalue weighted by Gasteiger charge is 2.54. The predicted molar refractivity (Wildman–Crippen MR) is 150 cm³/mol. The molecule has 3 amide bonds. The van der Waals surface area contributed by atoms with E-state index in [0.29, 0.717) is 0 Å². The van der Waals surface area contributed by atoms with Crippen LogP contribution >= 0.6 is 0 Å². The van der Waals surface area contributed by atoms with Gasteiger partial charge in [-0.3, -0.25) is 14.4 Å². The Morgan fingerprint density at radius 1 is 0.609 bits per heavy atom. The third kappa shape index (κ3) is 9.07. The average Bonchev–Trinajstić information content (AvgIpc) is 2.97. The third-order valence-corrected chi connectivity index (χ3v) is 7.70. The first-order chi connectivity index (χ1) is 21.6. The highest BCUT2D eigenvalue weighted by molar-refractivity contribution is 5.74. The lowest BCUT2D eigenvalue weighted by Gasteiger charge is -2.50. The fourth-order valence-electron chi connectivity index (χ4n) is 5.74. The largest absolute Gasteiger partial charge is 0.394 e. The molecule has 3 aliphatic heterocycles. The molecule has 10 N–H and O–H groups in total. The van der Waals surface area contributed by atoms with E-state index in [0.717, 1.165) is 13.8 Å². The minimum Gasteiger partial charge on any atom is -0.394 e. The molecule has 3 aliphatic rings. The van der Waals surface area contributed by atoms with Crippen molar-refractivity contribution in [2.45, 2.75) is 133 Å². The minimum absolute atomic E-state index is 0.397. The van der Waals surface area contributed by atoms with E-state index in [-0.39, 0.29) is 0 Å². The topological polar surface area (TPSA) is 284 Å². The second-order valence-corrected chi connectivity index (χ2v) is 11.7. The SMILES string of the molecule is CC(=O)NC1[C@H](O[C@@H]2C(CO)O[C@@H](O[C@@H]3C(CO)O[C@@H](O)C(NC(C)=O)[C@H]3O)C(NC(C)=O)[C@H]2O)OC(CO)[C@@H](OC(C)C)[C@@H]1O. The molecule has 3 saturated heterocycles. The molecule has 19 heteroatoms. The lowest BCUT2D eigenvalue weighted by atomic mass is 9.93. The fourth-order valence-corrected chi connectivity index (χ4v) is 5.74. The van der Waals surface area contributed by atoms with Crippen molar-refractivity contribution >= 4 is 17.7 Å². The highest BCUT2D eigenvalue weighted by atomic mass is 16.7. The third-order valence-electron chi connectivity index (χ3n) is 7.70. The van der Waals surface area contributed by atoms with Crippen LogP contribution in [0.1, 0.15) is 34.6 Å². The van der Waals surface area contributed by atoms with Crippen molar-refractivity contribution in [1.29, 1.82) is 0 Å². The number of carbonyl (C=O) groups is 3. The highest BCUT2D eigenvalue weighted by Crippen LogP contribution is 2.33. The Hall–Kier alpha value is -2.11. The number of rotatable bonds is 12. The van der Waals surface area contributed by atoms with Crippen LogP contribution in [0.25, 0.3) is 0 Å². The molecule has 0 aromatic rings. The van der Waals surface area contributed by atoms with Gasteiger partial charge in [0, 0.05) is 20.8 Å². The monoisotopic (exact) mass is 669 g/mol. The lowest BCUT2D eigenvalue weighted by Crippen LogP contribution is -2.71. The first-order valence-electron chi connectivity index (χ1n) is 14.9. The normalized spacial score (nSPS) is 41.5. The quantitative estimate of drug-likeness (QED) is 0.0926. The Bertz CT molecular complexity index is 1020. The van der Waals surface area contributed by atoms with Gasteiger partial charge in [-0.05, 0) is 13.8 Å². The standard InChI is InChI=1S/C27H47N3O16/c1-9(2)41-22-14(7-32)43-26(17(20(22)38)29-11(4)35)46-24-15(8-33)44-27(18(21(24)39)30-12(5)36)45-23-13(6-31)42-25(40)16(19(23)37)28-10(3)34/h9,13-27,31-33,37-40H,6-8H2,1-5H3,(H,28,34)(H,29,35)(H,30,36)/t13?,14?,15?,16?,17?,18?,19-,20-,21-,22-,23-,24-,25-,26+,27+/m1/s1. The number of carbonyl (C=O) groups excluding carboxylic acids is 3. The molecule has 19 nitrogen and oxygen atoms in total. The zero-order valence-electron chi connectivity index (χ0n) is 26.2. The zero-order valence-corrected chi connectivity index (χ0v) is 26.2. The van der Waals surface area contributed by atoms with Crippen molar-refractivity contribution in [2.75, 3.05) is 19.8 Å². The molecule has 0 aliphatic carbocycles. The molecular formula is C27H47N3O16. The second-order valence-electron chi connectivity index (χ2n) is 11.7. The van der Waals surface area contributed by atoms with Gasteiger partial charge >= 0.3 is 0 Å². The van der Waals surface area contributed by atoms with Gasteiger partial charge in [0.15, 0.2) is 18.9 Å². The van der Waals surface area contributed by atoms with Gasteiger partial charge in [0.1, 0.15) is 73.1 Å². The average molecular weight is 670 g/mol. The molecule has 3 fully saturated rings. The maximum absolute atomic E-state index is 12.2. The van der Waals surface area contributed by atoms with Crippen LogP contribution in [0.2, 0.25) is 0 Å². The van der Waals surface area contributed by atoms with Gasteiger partial charge in [-0.25, -0.2) is 0 Å². The van der Waals surface area contributed by atoms with Gasteiger partial charge < -0.3 is 80.1 Å². The smallest absolute Gasteiger partial charge is 0.217 e. The van der Waals surface area contributed by atoms with Gasteiger partial charge in [-0.2, -0.15) is 0 Å². The van der Waals surface area contributed by atoms with Crippen LogP contribution in [0.3, 0.4) is 0 Å². The molecule has 0 spiro atoms. The molecule has 46 heavy (non-hydrogen) atoms. The fraction of sp³-hybridized carbons (Fsp3) is 0.889. The van der Waals surface area contributed by atoms with Gasteiger partial charge in [0.05, 0.1) is 25.9 Å². The number of hydrogen-bond acceptors (Lipinski definition) is 16. The molecule has 15 atom stereocenters. The van der Waals surface area contributed by atoms with Crippen LogP contribution in [-0.2, 0) is 42.8 Å². The summed E-state index contributed by atoms with van der Waals surface area (Å²) >= 11 is 0. The van der Waals surface area contributed by atoms with Crippen LogP contribution in [-0.4, -0.2) is 171 Å². The molecule has 0 aromatic heterocycles. The summed E-state index contributed by atoms with van der Waals surface area (Å²) in [6, 6.07) is -4.16. The van der Waals surface area contributed by atoms with E-state index in [9.17, 15) is 50.1 Å². The van der Waals surface area contributed by atoms with Crippen LogP contribution < -0.4 is 16.0 Å². The Morgan fingerprint density at radius 3 is 1.35 bits per heavy atom. The summed E-state index contributed by atoms with van der Waals surface area (Å²) in [4.78, 5) is 35.9. The van der Waals surface area contributed by atoms with Crippen molar-refractivity contribution in [3.8, 4) is 0 Å². The molecule has 6 unspecified atom stereocenters. The number of ether oxygens (including phenoxy) is 6. The summed E-state index contributed by atoms with van der Waals surface area (Å²) in [6.45, 7) is 4.65. The first-order valence-corrected chi connectivity index (χ1v) is 14.9. The van der Waals surface area contributed by atoms with E-state index >= 15 is 0 Å². The van der Waals surface area contributed by atoms with Crippen LogP contribution in [0, 0.1) is 0 Å². The number of aliphatic hydroxyl groups is 7. The Morgan fingerprint density at radius 2 is 0.957 bits per heavy atom. The molecule has 266 valence electrons. The number of nitrogens with one attached hydrogen (secondary N) is 3. The molecule has 3 heterocycles. The first kappa shape index (κ1) is 38.3. The van der Waals surface area contributed by atoms with Gasteiger partial charge in [-0.1, -0.05) is 0 Å². The van der Waals surface area contributed by atoms with E-state index in [1.165, 1.54) is 6.92 Å². The van der Waals surface area contributed by atoms with Gasteiger partial charge in [-0.15, -0.1) is 0 Å². The van der Waals surface area contributed by atoms with E-state index < -0.39 is 136 Å². The van der Waals surface area contributed by atoms with Crippen molar-refractivity contribution < 1.29 is 78.6 Å².